The predicted molar refractivity (Wildman–Crippen MR) is 99.1 cm³/mol. The van der Waals surface area contributed by atoms with Crippen LogP contribution in [-0.4, -0.2) is 40.2 Å². The van der Waals surface area contributed by atoms with Gasteiger partial charge in [0.25, 0.3) is 0 Å². The summed E-state index contributed by atoms with van der Waals surface area (Å²) in [6.07, 6.45) is 0.161. The third-order valence-corrected chi connectivity index (χ3v) is 5.06. The number of halogens is 1. The van der Waals surface area contributed by atoms with E-state index in [0.29, 0.717) is 13.1 Å². The molecule has 2 rings (SSSR count). The monoisotopic (exact) mass is 431 g/mol. The van der Waals surface area contributed by atoms with E-state index in [1.807, 2.05) is 38.1 Å². The summed E-state index contributed by atoms with van der Waals surface area (Å²) in [5.74, 6) is -0.182. The summed E-state index contributed by atoms with van der Waals surface area (Å²) >= 11 is 3.59. The highest BCUT2D eigenvalue weighted by Gasteiger charge is 2.37. The Hall–Kier alpha value is -1.09. The number of amides is 2. The molecule has 1 N–H and O–H groups in total. The smallest absolute Gasteiger partial charge is 0.242 e. The van der Waals surface area contributed by atoms with E-state index >= 15 is 0 Å². The summed E-state index contributed by atoms with van der Waals surface area (Å²) in [5, 5.41) is 3.17. The van der Waals surface area contributed by atoms with E-state index in [9.17, 15) is 9.59 Å². The van der Waals surface area contributed by atoms with Crippen LogP contribution in [0.15, 0.2) is 29.3 Å². The van der Waals surface area contributed by atoms with Gasteiger partial charge in [0.15, 0.2) is 5.17 Å². The minimum atomic E-state index is -0.380. The number of nitrogens with one attached hydrogen (secondary N) is 1. The fourth-order valence-electron chi connectivity index (χ4n) is 2.10. The molecule has 0 radical (unpaired) electrons. The molecule has 1 aromatic rings. The van der Waals surface area contributed by atoms with Crippen LogP contribution in [0.3, 0.4) is 0 Å². The maximum absolute atomic E-state index is 12.3. The molecule has 1 aliphatic rings. The van der Waals surface area contributed by atoms with Crippen molar-refractivity contribution < 1.29 is 9.59 Å². The minimum absolute atomic E-state index is 0.0301. The lowest BCUT2D eigenvalue weighted by Crippen LogP contribution is -2.33. The van der Waals surface area contributed by atoms with Crippen molar-refractivity contribution in [3.05, 3.63) is 27.8 Å². The molecule has 0 spiro atoms. The first kappa shape index (κ1) is 17.3. The molecule has 1 aliphatic heterocycles. The summed E-state index contributed by atoms with van der Waals surface area (Å²) in [4.78, 5) is 30.4. The lowest BCUT2D eigenvalue weighted by atomic mass is 10.2. The van der Waals surface area contributed by atoms with Gasteiger partial charge in [0.2, 0.25) is 11.8 Å². The van der Waals surface area contributed by atoms with Gasteiger partial charge in [-0.1, -0.05) is 11.8 Å². The summed E-state index contributed by atoms with van der Waals surface area (Å²) in [5.41, 5.74) is 0.746. The van der Waals surface area contributed by atoms with Crippen LogP contribution in [0, 0.1) is 3.57 Å². The zero-order chi connectivity index (χ0) is 16.1. The van der Waals surface area contributed by atoms with Crippen LogP contribution in [0.25, 0.3) is 0 Å². The normalized spacial score (nSPS) is 19.8. The quantitative estimate of drug-likeness (QED) is 0.730. The van der Waals surface area contributed by atoms with E-state index in [1.54, 1.807) is 4.90 Å². The first-order valence-corrected chi connectivity index (χ1v) is 9.08. The zero-order valence-electron chi connectivity index (χ0n) is 12.5. The summed E-state index contributed by atoms with van der Waals surface area (Å²) in [7, 11) is 0. The fraction of sp³-hybridized carbons (Fsp3) is 0.400. The predicted octanol–water partition coefficient (Wildman–Crippen LogP) is 2.96. The average Bonchev–Trinajstić information content (AvgIpc) is 2.77. The van der Waals surface area contributed by atoms with Crippen molar-refractivity contribution in [2.75, 3.05) is 18.4 Å². The second-order valence-corrected chi connectivity index (χ2v) is 7.12. The Bertz CT molecular complexity index is 589. The van der Waals surface area contributed by atoms with E-state index in [-0.39, 0.29) is 23.5 Å². The molecule has 0 saturated carbocycles. The SMILES string of the molecule is CCN=C1S[C@@H](CC(=O)Nc2ccc(I)cc2)C(=O)N1CC. The number of thioether (sulfide) groups is 1. The van der Waals surface area contributed by atoms with Gasteiger partial charge in [0, 0.05) is 28.8 Å². The first-order valence-electron chi connectivity index (χ1n) is 7.13. The lowest BCUT2D eigenvalue weighted by Gasteiger charge is -2.13. The van der Waals surface area contributed by atoms with Crippen molar-refractivity contribution >= 4 is 57.0 Å². The first-order chi connectivity index (χ1) is 10.5. The molecule has 0 unspecified atom stereocenters. The number of nitrogens with zero attached hydrogens (tertiary/aromatic N) is 2. The van der Waals surface area contributed by atoms with Gasteiger partial charge >= 0.3 is 0 Å². The summed E-state index contributed by atoms with van der Waals surface area (Å²) in [6.45, 7) is 5.06. The highest BCUT2D eigenvalue weighted by Crippen LogP contribution is 2.29. The number of benzene rings is 1. The number of anilines is 1. The fourth-order valence-corrected chi connectivity index (χ4v) is 3.73. The Balaban J connectivity index is 1.98. The highest BCUT2D eigenvalue weighted by molar-refractivity contribution is 14.1. The van der Waals surface area contributed by atoms with Crippen molar-refractivity contribution in [1.82, 2.24) is 4.90 Å². The number of aliphatic imine (C=N–C) groups is 1. The maximum atomic E-state index is 12.3. The van der Waals surface area contributed by atoms with Gasteiger partial charge < -0.3 is 5.32 Å². The van der Waals surface area contributed by atoms with Gasteiger partial charge in [-0.05, 0) is 60.7 Å². The molecule has 1 aromatic carbocycles. The summed E-state index contributed by atoms with van der Waals surface area (Å²) in [6, 6.07) is 7.56. The van der Waals surface area contributed by atoms with Crippen molar-refractivity contribution in [1.29, 1.82) is 0 Å². The Morgan fingerprint density at radius 3 is 2.64 bits per heavy atom. The third-order valence-electron chi connectivity index (χ3n) is 3.13. The topological polar surface area (TPSA) is 61.8 Å². The molecule has 7 heteroatoms. The molecule has 1 fully saturated rings. The molecule has 0 bridgehead atoms. The second kappa shape index (κ2) is 7.96. The van der Waals surface area contributed by atoms with Gasteiger partial charge in [-0.2, -0.15) is 0 Å². The number of carbonyl (C=O) groups excluding carboxylic acids is 2. The second-order valence-electron chi connectivity index (χ2n) is 4.71. The van der Waals surface area contributed by atoms with E-state index in [1.165, 1.54) is 11.8 Å². The van der Waals surface area contributed by atoms with E-state index < -0.39 is 0 Å². The molecule has 118 valence electrons. The van der Waals surface area contributed by atoms with Gasteiger partial charge in [-0.25, -0.2) is 0 Å². The number of rotatable bonds is 5. The van der Waals surface area contributed by atoms with Crippen LogP contribution in [-0.2, 0) is 9.59 Å². The van der Waals surface area contributed by atoms with Gasteiger partial charge in [0.05, 0.1) is 0 Å². The van der Waals surface area contributed by atoms with E-state index in [2.05, 4.69) is 32.9 Å². The van der Waals surface area contributed by atoms with Crippen LogP contribution in [0.5, 0.6) is 0 Å². The molecular weight excluding hydrogens is 413 g/mol. The lowest BCUT2D eigenvalue weighted by molar-refractivity contribution is -0.128. The Labute approximate surface area is 148 Å². The zero-order valence-corrected chi connectivity index (χ0v) is 15.5. The highest BCUT2D eigenvalue weighted by atomic mass is 127. The van der Waals surface area contributed by atoms with Crippen LogP contribution in [0.4, 0.5) is 5.69 Å². The van der Waals surface area contributed by atoms with Gasteiger partial charge in [-0.15, -0.1) is 0 Å². The minimum Gasteiger partial charge on any atom is -0.326 e. The molecule has 1 atom stereocenters. The molecule has 1 saturated heterocycles. The molecule has 0 aliphatic carbocycles. The Kier molecular flexibility index (Phi) is 6.25. The van der Waals surface area contributed by atoms with Gasteiger partial charge in [0.1, 0.15) is 5.25 Å². The standard InChI is InChI=1S/C15H18IN3O2S/c1-3-17-15-19(4-2)14(21)12(22-15)9-13(20)18-11-7-5-10(16)6-8-11/h5-8,12H,3-4,9H2,1-2H3,(H,18,20)/t12-/m0/s1. The van der Waals surface area contributed by atoms with Crippen LogP contribution >= 0.6 is 34.4 Å². The molecule has 22 heavy (non-hydrogen) atoms. The molecular formula is C15H18IN3O2S. The number of amidine groups is 1. The molecule has 1 heterocycles. The number of carbonyl (C=O) groups is 2. The van der Waals surface area contributed by atoms with E-state index in [0.717, 1.165) is 14.4 Å². The van der Waals surface area contributed by atoms with Crippen LogP contribution in [0.1, 0.15) is 20.3 Å². The third kappa shape index (κ3) is 4.22. The van der Waals surface area contributed by atoms with Crippen molar-refractivity contribution in [3.8, 4) is 0 Å². The van der Waals surface area contributed by atoms with Gasteiger partial charge in [-0.3, -0.25) is 19.5 Å². The van der Waals surface area contributed by atoms with Crippen molar-refractivity contribution in [2.45, 2.75) is 25.5 Å². The summed E-state index contributed by atoms with van der Waals surface area (Å²) < 4.78 is 1.11. The number of hydrogen-bond donors (Lipinski definition) is 1. The van der Waals surface area contributed by atoms with Crippen molar-refractivity contribution in [2.24, 2.45) is 4.99 Å². The average molecular weight is 431 g/mol. The molecule has 2 amide bonds. The van der Waals surface area contributed by atoms with Crippen LogP contribution < -0.4 is 5.32 Å². The van der Waals surface area contributed by atoms with Crippen LogP contribution in [0.2, 0.25) is 0 Å². The Morgan fingerprint density at radius 2 is 2.05 bits per heavy atom. The Morgan fingerprint density at radius 1 is 1.36 bits per heavy atom. The maximum Gasteiger partial charge on any atom is 0.242 e. The van der Waals surface area contributed by atoms with E-state index in [4.69, 9.17) is 0 Å². The largest absolute Gasteiger partial charge is 0.326 e. The molecule has 0 aromatic heterocycles. The van der Waals surface area contributed by atoms with Crippen molar-refractivity contribution in [3.63, 3.8) is 0 Å². The number of hydrogen-bond acceptors (Lipinski definition) is 4. The molecule has 5 nitrogen and oxygen atoms in total.